The van der Waals surface area contributed by atoms with Crippen LogP contribution in [-0.2, 0) is 24.8 Å². The van der Waals surface area contributed by atoms with E-state index < -0.39 is 31.8 Å². The van der Waals surface area contributed by atoms with Gasteiger partial charge in [0.2, 0.25) is 20.0 Å². The number of pyridine rings is 1. The number of rotatable bonds is 10. The monoisotopic (exact) mass is 579 g/mol. The number of piperidine rings is 1. The third-order valence-corrected chi connectivity index (χ3v) is 10.6. The highest BCUT2D eigenvalue weighted by molar-refractivity contribution is 7.89. The first-order chi connectivity index (χ1) is 18.6. The van der Waals surface area contributed by atoms with Crippen molar-refractivity contribution < 1.29 is 31.4 Å². The molecule has 0 bridgehead atoms. The molecule has 12 nitrogen and oxygen atoms in total. The Morgan fingerprint density at radius 1 is 1.21 bits per heavy atom. The van der Waals surface area contributed by atoms with Crippen LogP contribution in [0.15, 0.2) is 58.6 Å². The maximum Gasteiger partial charge on any atom is 0.244 e. The quantitative estimate of drug-likeness (QED) is 0.272. The Bertz CT molecular complexity index is 1520. The second-order valence-corrected chi connectivity index (χ2v) is 13.8. The molecule has 2 saturated heterocycles. The number of ether oxygens (including phenoxy) is 2. The van der Waals surface area contributed by atoms with Gasteiger partial charge in [0.1, 0.15) is 29.0 Å². The summed E-state index contributed by atoms with van der Waals surface area (Å²) < 4.78 is 65.8. The molecule has 4 N–H and O–H groups in total. The highest BCUT2D eigenvalue weighted by atomic mass is 32.2. The fourth-order valence-corrected chi connectivity index (χ4v) is 7.26. The van der Waals surface area contributed by atoms with Crippen LogP contribution in [0.3, 0.4) is 0 Å². The molecule has 1 aromatic carbocycles. The van der Waals surface area contributed by atoms with Crippen molar-refractivity contribution in [3.63, 3.8) is 0 Å². The Morgan fingerprint density at radius 2 is 2.00 bits per heavy atom. The van der Waals surface area contributed by atoms with E-state index in [1.165, 1.54) is 29.7 Å². The zero-order valence-electron chi connectivity index (χ0n) is 21.5. The number of aromatic amines is 1. The molecular formula is C25H33N5O7S2. The summed E-state index contributed by atoms with van der Waals surface area (Å²) in [5.74, 6) is 0.346. The van der Waals surface area contributed by atoms with Crippen molar-refractivity contribution in [1.29, 1.82) is 0 Å². The number of aliphatic hydroxyl groups is 1. The predicted octanol–water partition coefficient (Wildman–Crippen LogP) is 0.813. The van der Waals surface area contributed by atoms with Gasteiger partial charge in [-0.25, -0.2) is 26.5 Å². The third-order valence-electron chi connectivity index (χ3n) is 7.32. The Balaban J connectivity index is 1.08. The van der Waals surface area contributed by atoms with Crippen LogP contribution in [0.2, 0.25) is 0 Å². The van der Waals surface area contributed by atoms with Crippen LogP contribution in [0.5, 0.6) is 5.75 Å². The molecule has 212 valence electrons. The molecule has 2 aliphatic heterocycles. The molecule has 39 heavy (non-hydrogen) atoms. The summed E-state index contributed by atoms with van der Waals surface area (Å²) in [5, 5.41) is 14.5. The minimum atomic E-state index is -3.65. The van der Waals surface area contributed by atoms with Gasteiger partial charge in [-0.3, -0.25) is 0 Å². The van der Waals surface area contributed by atoms with Crippen molar-refractivity contribution in [1.82, 2.24) is 24.3 Å². The number of hydrogen-bond acceptors (Lipinski definition) is 9. The first kappa shape index (κ1) is 28.0. The zero-order chi connectivity index (χ0) is 27.7. The Labute approximate surface area is 227 Å². The summed E-state index contributed by atoms with van der Waals surface area (Å²) >= 11 is 0. The smallest absolute Gasteiger partial charge is 0.244 e. The number of H-pyrrole nitrogens is 1. The van der Waals surface area contributed by atoms with Crippen LogP contribution in [-0.4, -0.2) is 93.9 Å². The van der Waals surface area contributed by atoms with E-state index in [9.17, 15) is 21.9 Å². The van der Waals surface area contributed by atoms with Gasteiger partial charge >= 0.3 is 0 Å². The topological polar surface area (TPSA) is 163 Å². The zero-order valence-corrected chi connectivity index (χ0v) is 23.2. The molecule has 2 fully saturated rings. The van der Waals surface area contributed by atoms with Gasteiger partial charge in [0, 0.05) is 49.5 Å². The van der Waals surface area contributed by atoms with Crippen LogP contribution in [0.25, 0.3) is 11.0 Å². The van der Waals surface area contributed by atoms with Crippen LogP contribution >= 0.6 is 0 Å². The maximum absolute atomic E-state index is 13.2. The number of aromatic nitrogens is 2. The minimum absolute atomic E-state index is 0.00893. The molecule has 0 radical (unpaired) electrons. The minimum Gasteiger partial charge on any atom is -0.491 e. The second kappa shape index (κ2) is 11.1. The molecule has 2 aromatic heterocycles. The molecule has 0 saturated carbocycles. The average molecular weight is 580 g/mol. The molecule has 2 atom stereocenters. The first-order valence-corrected chi connectivity index (χ1v) is 15.7. The van der Waals surface area contributed by atoms with Crippen molar-refractivity contribution >= 4 is 31.1 Å². The van der Waals surface area contributed by atoms with Crippen LogP contribution in [0.1, 0.15) is 19.3 Å². The highest BCUT2D eigenvalue weighted by Gasteiger charge is 2.44. The van der Waals surface area contributed by atoms with E-state index in [2.05, 4.69) is 20.0 Å². The maximum atomic E-state index is 13.2. The van der Waals surface area contributed by atoms with E-state index in [1.807, 2.05) is 0 Å². The molecule has 1 spiro atoms. The molecule has 4 heterocycles. The Morgan fingerprint density at radius 3 is 2.77 bits per heavy atom. The lowest BCUT2D eigenvalue weighted by atomic mass is 9.88. The number of hydrogen-bond donors (Lipinski definition) is 4. The summed E-state index contributed by atoms with van der Waals surface area (Å²) in [6.45, 7) is 1.45. The van der Waals surface area contributed by atoms with E-state index in [0.717, 1.165) is 11.8 Å². The summed E-state index contributed by atoms with van der Waals surface area (Å²) in [6.07, 6.45) is 4.19. The van der Waals surface area contributed by atoms with Gasteiger partial charge < -0.3 is 24.9 Å². The average Bonchev–Trinajstić information content (AvgIpc) is 3.58. The normalized spacial score (nSPS) is 20.9. The molecule has 2 aliphatic rings. The lowest BCUT2D eigenvalue weighted by Gasteiger charge is -2.38. The highest BCUT2D eigenvalue weighted by Crippen LogP contribution is 2.37. The molecule has 14 heteroatoms. The third kappa shape index (κ3) is 6.11. The van der Waals surface area contributed by atoms with E-state index in [4.69, 9.17) is 9.47 Å². The largest absolute Gasteiger partial charge is 0.491 e. The van der Waals surface area contributed by atoms with Gasteiger partial charge in [-0.15, -0.1) is 0 Å². The molecule has 3 aromatic rings. The number of aliphatic hydroxyl groups excluding tert-OH is 1. The van der Waals surface area contributed by atoms with E-state index in [-0.39, 0.29) is 29.0 Å². The van der Waals surface area contributed by atoms with Crippen LogP contribution in [0, 0.1) is 0 Å². The number of fused-ring (bicyclic) bond motifs is 1. The fraction of sp³-hybridized carbons (Fsp3) is 0.480. The fourth-order valence-electron chi connectivity index (χ4n) is 5.07. The van der Waals surface area contributed by atoms with Gasteiger partial charge in [-0.2, -0.15) is 4.31 Å². The summed E-state index contributed by atoms with van der Waals surface area (Å²) in [6, 6.07) is 9.53. The molecular weight excluding hydrogens is 546 g/mol. The van der Waals surface area contributed by atoms with Crippen molar-refractivity contribution in [3.8, 4) is 5.75 Å². The SMILES string of the molecule is CNS(=O)(=O)c1cccc(OCC(O)CNC2COC3(CCN(S(=O)(=O)c4cnc5[nH]ccc5c4)CC3)C2)c1. The predicted molar refractivity (Wildman–Crippen MR) is 143 cm³/mol. The van der Waals surface area contributed by atoms with E-state index >= 15 is 0 Å². The van der Waals surface area contributed by atoms with Gasteiger partial charge in [0.15, 0.2) is 0 Å². The lowest BCUT2D eigenvalue weighted by molar-refractivity contribution is -0.0312. The van der Waals surface area contributed by atoms with Crippen molar-refractivity contribution in [3.05, 3.63) is 48.8 Å². The number of nitrogens with one attached hydrogen (secondary N) is 3. The molecule has 2 unspecified atom stereocenters. The molecule has 0 aliphatic carbocycles. The molecule has 0 amide bonds. The van der Waals surface area contributed by atoms with Crippen molar-refractivity contribution in [2.75, 3.05) is 39.9 Å². The van der Waals surface area contributed by atoms with E-state index in [0.29, 0.717) is 43.9 Å². The standard InChI is InChI=1S/C25H33N5O7S2/c1-26-38(32,33)22-4-2-3-21(12-22)36-17-20(31)14-28-19-13-25(37-16-19)6-9-30(10-7-25)39(34,35)23-11-18-5-8-27-24(18)29-15-23/h2-5,8,11-12,15,19-20,26,28,31H,6-7,9-10,13-14,16-17H2,1H3,(H,27,29). The van der Waals surface area contributed by atoms with Gasteiger partial charge in [0.25, 0.3) is 0 Å². The van der Waals surface area contributed by atoms with Crippen LogP contribution < -0.4 is 14.8 Å². The second-order valence-electron chi connectivity index (χ2n) is 9.94. The summed E-state index contributed by atoms with van der Waals surface area (Å²) in [5.41, 5.74) is 0.253. The Kier molecular flexibility index (Phi) is 7.97. The summed E-state index contributed by atoms with van der Waals surface area (Å²) in [7, 11) is -5.90. The van der Waals surface area contributed by atoms with Gasteiger partial charge in [-0.05, 0) is 50.6 Å². The number of nitrogens with zero attached hydrogens (tertiary/aromatic N) is 2. The van der Waals surface area contributed by atoms with E-state index in [1.54, 1.807) is 30.5 Å². The number of benzene rings is 1. The van der Waals surface area contributed by atoms with Crippen molar-refractivity contribution in [2.24, 2.45) is 0 Å². The van der Waals surface area contributed by atoms with Gasteiger partial charge in [-0.1, -0.05) is 6.07 Å². The lowest BCUT2D eigenvalue weighted by Crippen LogP contribution is -2.47. The Hall–Kier alpha value is -2.59. The van der Waals surface area contributed by atoms with Crippen LogP contribution in [0.4, 0.5) is 0 Å². The number of sulfonamides is 2. The van der Waals surface area contributed by atoms with Gasteiger partial charge in [0.05, 0.1) is 17.1 Å². The molecule has 5 rings (SSSR count). The van der Waals surface area contributed by atoms with Crippen molar-refractivity contribution in [2.45, 2.75) is 46.8 Å². The first-order valence-electron chi connectivity index (χ1n) is 12.8. The summed E-state index contributed by atoms with van der Waals surface area (Å²) in [4.78, 5) is 7.45.